The molecule has 5 heteroatoms. The molecule has 0 aliphatic rings. The first kappa shape index (κ1) is 13.1. The van der Waals surface area contributed by atoms with Gasteiger partial charge < -0.3 is 9.84 Å². The van der Waals surface area contributed by atoms with Crippen LogP contribution in [0, 0.1) is 0 Å². The van der Waals surface area contributed by atoms with E-state index in [-0.39, 0.29) is 5.56 Å². The van der Waals surface area contributed by atoms with E-state index in [1.165, 1.54) is 12.1 Å². The third kappa shape index (κ3) is 3.11. The molecule has 2 rings (SSSR count). The molecule has 0 heterocycles. The van der Waals surface area contributed by atoms with Crippen LogP contribution in [0.1, 0.15) is 10.4 Å². The number of rotatable bonds is 3. The van der Waals surface area contributed by atoms with Gasteiger partial charge in [-0.3, -0.25) is 0 Å². The zero-order chi connectivity index (χ0) is 13.1. The van der Waals surface area contributed by atoms with Crippen LogP contribution in [-0.4, -0.2) is 11.1 Å². The molecule has 0 amide bonds. The zero-order valence-corrected chi connectivity index (χ0v) is 12.2. The SMILES string of the molecule is O=C(O)c1ccc(Oc2ccc(Br)cc2)c(Br)c1. The lowest BCUT2D eigenvalue weighted by atomic mass is 10.2. The molecule has 0 aliphatic carbocycles. The molecule has 0 radical (unpaired) electrons. The van der Waals surface area contributed by atoms with Crippen molar-refractivity contribution in [3.8, 4) is 11.5 Å². The third-order valence-electron chi connectivity index (χ3n) is 2.22. The van der Waals surface area contributed by atoms with Crippen LogP contribution >= 0.6 is 31.9 Å². The van der Waals surface area contributed by atoms with Crippen molar-refractivity contribution in [1.82, 2.24) is 0 Å². The minimum absolute atomic E-state index is 0.213. The second-order valence-corrected chi connectivity index (χ2v) is 5.28. The van der Waals surface area contributed by atoms with Gasteiger partial charge in [0.1, 0.15) is 11.5 Å². The Morgan fingerprint density at radius 3 is 2.28 bits per heavy atom. The van der Waals surface area contributed by atoms with E-state index in [2.05, 4.69) is 31.9 Å². The van der Waals surface area contributed by atoms with Crippen molar-refractivity contribution < 1.29 is 14.6 Å². The molecule has 0 saturated carbocycles. The first-order valence-corrected chi connectivity index (χ1v) is 6.61. The highest BCUT2D eigenvalue weighted by Crippen LogP contribution is 2.31. The molecule has 0 aliphatic heterocycles. The Kier molecular flexibility index (Phi) is 4.04. The molecule has 92 valence electrons. The summed E-state index contributed by atoms with van der Waals surface area (Å²) in [4.78, 5) is 10.8. The number of benzene rings is 2. The van der Waals surface area contributed by atoms with Crippen LogP contribution in [-0.2, 0) is 0 Å². The quantitative estimate of drug-likeness (QED) is 0.850. The Labute approximate surface area is 121 Å². The molecule has 0 atom stereocenters. The molecule has 2 aromatic rings. The second-order valence-electron chi connectivity index (χ2n) is 3.51. The summed E-state index contributed by atoms with van der Waals surface area (Å²) in [5.41, 5.74) is 0.213. The lowest BCUT2D eigenvalue weighted by Crippen LogP contribution is -1.96. The number of carboxylic acids is 1. The number of ether oxygens (including phenoxy) is 1. The minimum atomic E-state index is -0.967. The smallest absolute Gasteiger partial charge is 0.335 e. The van der Waals surface area contributed by atoms with Crippen LogP contribution < -0.4 is 4.74 Å². The van der Waals surface area contributed by atoms with Crippen LogP contribution in [0.25, 0.3) is 0 Å². The van der Waals surface area contributed by atoms with E-state index in [1.807, 2.05) is 24.3 Å². The van der Waals surface area contributed by atoms with Crippen LogP contribution in [0.5, 0.6) is 11.5 Å². The average molecular weight is 372 g/mol. The number of aromatic carboxylic acids is 1. The van der Waals surface area contributed by atoms with Crippen molar-refractivity contribution in [2.75, 3.05) is 0 Å². The van der Waals surface area contributed by atoms with Gasteiger partial charge in [0.05, 0.1) is 10.0 Å². The number of carboxylic acid groups (broad SMARTS) is 1. The van der Waals surface area contributed by atoms with Crippen molar-refractivity contribution in [3.05, 3.63) is 57.0 Å². The van der Waals surface area contributed by atoms with Gasteiger partial charge in [-0.25, -0.2) is 4.79 Å². The van der Waals surface area contributed by atoms with Gasteiger partial charge in [-0.2, -0.15) is 0 Å². The molecule has 0 aromatic heterocycles. The molecule has 0 spiro atoms. The highest BCUT2D eigenvalue weighted by Gasteiger charge is 2.08. The van der Waals surface area contributed by atoms with E-state index in [0.29, 0.717) is 16.0 Å². The molecule has 2 aromatic carbocycles. The Bertz CT molecular complexity index is 579. The summed E-state index contributed by atoms with van der Waals surface area (Å²) in [7, 11) is 0. The second kappa shape index (κ2) is 5.54. The van der Waals surface area contributed by atoms with E-state index in [4.69, 9.17) is 9.84 Å². The van der Waals surface area contributed by atoms with Gasteiger partial charge in [0.25, 0.3) is 0 Å². The van der Waals surface area contributed by atoms with E-state index in [9.17, 15) is 4.79 Å². The van der Waals surface area contributed by atoms with Crippen LogP contribution in [0.2, 0.25) is 0 Å². The summed E-state index contributed by atoms with van der Waals surface area (Å²) in [6, 6.07) is 12.0. The first-order valence-electron chi connectivity index (χ1n) is 5.02. The van der Waals surface area contributed by atoms with Crippen molar-refractivity contribution in [2.45, 2.75) is 0 Å². The van der Waals surface area contributed by atoms with Gasteiger partial charge in [0.15, 0.2) is 0 Å². The Hall–Kier alpha value is -1.33. The third-order valence-corrected chi connectivity index (χ3v) is 3.37. The van der Waals surface area contributed by atoms with Gasteiger partial charge in [0, 0.05) is 4.47 Å². The molecule has 1 N–H and O–H groups in total. The Morgan fingerprint density at radius 1 is 1.06 bits per heavy atom. The van der Waals surface area contributed by atoms with Gasteiger partial charge in [0.2, 0.25) is 0 Å². The van der Waals surface area contributed by atoms with Crippen LogP contribution in [0.4, 0.5) is 0 Å². The zero-order valence-electron chi connectivity index (χ0n) is 9.06. The van der Waals surface area contributed by atoms with Crippen molar-refractivity contribution in [2.24, 2.45) is 0 Å². The summed E-state index contributed by atoms with van der Waals surface area (Å²) in [5, 5.41) is 8.85. The number of carbonyl (C=O) groups is 1. The lowest BCUT2D eigenvalue weighted by Gasteiger charge is -2.08. The standard InChI is InChI=1S/C13H8Br2O3/c14-9-2-4-10(5-3-9)18-12-6-1-8(13(16)17)7-11(12)15/h1-7H,(H,16,17). The summed E-state index contributed by atoms with van der Waals surface area (Å²) >= 11 is 6.63. The van der Waals surface area contributed by atoms with E-state index < -0.39 is 5.97 Å². The summed E-state index contributed by atoms with van der Waals surface area (Å²) in [6.45, 7) is 0. The van der Waals surface area contributed by atoms with E-state index in [0.717, 1.165) is 4.47 Å². The maximum Gasteiger partial charge on any atom is 0.335 e. The predicted octanol–water partition coefficient (Wildman–Crippen LogP) is 4.70. The van der Waals surface area contributed by atoms with Gasteiger partial charge >= 0.3 is 5.97 Å². The molecule has 3 nitrogen and oxygen atoms in total. The Balaban J connectivity index is 2.24. The monoisotopic (exact) mass is 370 g/mol. The van der Waals surface area contributed by atoms with Crippen molar-refractivity contribution in [1.29, 1.82) is 0 Å². The van der Waals surface area contributed by atoms with Crippen LogP contribution in [0.3, 0.4) is 0 Å². The van der Waals surface area contributed by atoms with Crippen LogP contribution in [0.15, 0.2) is 51.4 Å². The van der Waals surface area contributed by atoms with Gasteiger partial charge in [-0.15, -0.1) is 0 Å². The maximum absolute atomic E-state index is 10.8. The highest BCUT2D eigenvalue weighted by molar-refractivity contribution is 9.10. The topological polar surface area (TPSA) is 46.5 Å². The van der Waals surface area contributed by atoms with Crippen molar-refractivity contribution >= 4 is 37.8 Å². The number of hydrogen-bond acceptors (Lipinski definition) is 2. The largest absolute Gasteiger partial charge is 0.478 e. The number of hydrogen-bond donors (Lipinski definition) is 1. The van der Waals surface area contributed by atoms with E-state index in [1.54, 1.807) is 6.07 Å². The summed E-state index contributed by atoms with van der Waals surface area (Å²) in [6.07, 6.45) is 0. The fourth-order valence-corrected chi connectivity index (χ4v) is 2.07. The fraction of sp³-hybridized carbons (Fsp3) is 0. The van der Waals surface area contributed by atoms with E-state index >= 15 is 0 Å². The maximum atomic E-state index is 10.8. The summed E-state index contributed by atoms with van der Waals surface area (Å²) in [5.74, 6) is 0.287. The molecule has 0 bridgehead atoms. The molecule has 18 heavy (non-hydrogen) atoms. The number of halogens is 2. The minimum Gasteiger partial charge on any atom is -0.478 e. The molecular weight excluding hydrogens is 364 g/mol. The fourth-order valence-electron chi connectivity index (χ4n) is 1.35. The molecule has 0 fully saturated rings. The lowest BCUT2D eigenvalue weighted by molar-refractivity contribution is 0.0697. The molecular formula is C13H8Br2O3. The van der Waals surface area contributed by atoms with Gasteiger partial charge in [-0.05, 0) is 58.4 Å². The average Bonchev–Trinajstić information content (AvgIpc) is 2.34. The van der Waals surface area contributed by atoms with Crippen molar-refractivity contribution in [3.63, 3.8) is 0 Å². The highest BCUT2D eigenvalue weighted by atomic mass is 79.9. The first-order chi connectivity index (χ1) is 8.56. The molecule has 0 unspecified atom stereocenters. The summed E-state index contributed by atoms with van der Waals surface area (Å²) < 4.78 is 7.21. The normalized spacial score (nSPS) is 10.1. The predicted molar refractivity (Wildman–Crippen MR) is 75.3 cm³/mol. The molecule has 0 saturated heterocycles. The Morgan fingerprint density at radius 2 is 1.72 bits per heavy atom. The van der Waals surface area contributed by atoms with Gasteiger partial charge in [-0.1, -0.05) is 15.9 Å².